The molecule has 44 N–H and O–H groups in total. The van der Waals surface area contributed by atoms with E-state index in [0.717, 1.165) is 0 Å². The van der Waals surface area contributed by atoms with Crippen LogP contribution in [0.25, 0.3) is 10.9 Å². The molecule has 0 saturated heterocycles. The van der Waals surface area contributed by atoms with E-state index in [-0.39, 0.29) is 173 Å². The average molecular weight is 1950 g/mol. The van der Waals surface area contributed by atoms with Crippen LogP contribution in [0, 0.1) is 16.2 Å². The molecule has 0 aliphatic carbocycles. The van der Waals surface area contributed by atoms with E-state index in [2.05, 4.69) is 101 Å². The highest BCUT2D eigenvalue weighted by Crippen LogP contribution is 2.21. The van der Waals surface area contributed by atoms with Crippen molar-refractivity contribution in [3.8, 4) is 5.75 Å². The van der Waals surface area contributed by atoms with E-state index in [9.17, 15) is 77.3 Å². The Kier molecular flexibility index (Phi) is 57.2. The van der Waals surface area contributed by atoms with Gasteiger partial charge < -0.3 is 168 Å². The van der Waals surface area contributed by atoms with Crippen molar-refractivity contribution in [1.29, 1.82) is 16.2 Å². The molecule has 1 heterocycles. The van der Waals surface area contributed by atoms with Crippen molar-refractivity contribution >= 4 is 123 Å². The molecule has 0 aliphatic rings. The first-order chi connectivity index (χ1) is 65.7. The SMILES string of the molecule is CC(=O)N[C@@H](CCCCN)C(=O)N[C@@H](CCCNC(=N)N)C(=O)N[C@@H](CCCCN)C(=O)N[C@@H](C)C(=O)N[C@@H](Cc1c[nH]c2ccccc12)C(=O)N[C@@H](CCCCN)C(=O)N[C@@H](CCCNC(=N)N)C(=O)N[C@@H](CCCCN)C(=O)N[C@@H](C)C(=O)N[C@@H](CO)C(=O)N[C@@H](CCCCN)C(=O)N[C@@H](CCCNC(=N)N)C(=O)N[C@@H](CCCCN)C(=O)N[C@@H](C)C(=O)N[C@@H](Cc1ccc(O)cc1)C(N)=O. The number of hydrogen-bond donors (Lipinski definition) is 34. The van der Waals surface area contributed by atoms with E-state index in [1.165, 1.54) is 52.0 Å². The second-order valence-electron chi connectivity index (χ2n) is 33.8. The number of aliphatic hydroxyl groups is 1. The number of carbonyl (C=O) groups is 16. The molecule has 0 bridgehead atoms. The molecule has 2 aromatic carbocycles. The van der Waals surface area contributed by atoms with Gasteiger partial charge in [0.2, 0.25) is 94.5 Å². The number of para-hydroxylation sites is 1. The number of benzene rings is 2. The summed E-state index contributed by atoms with van der Waals surface area (Å²) in [5, 5.41) is 91.2. The molecule has 0 spiro atoms. The van der Waals surface area contributed by atoms with Crippen molar-refractivity contribution in [2.45, 2.75) is 285 Å². The number of guanidine groups is 3. The molecule has 0 fully saturated rings. The number of phenols is 1. The summed E-state index contributed by atoms with van der Waals surface area (Å²) in [6.07, 6.45) is 5.15. The number of primary amides is 1. The molecular weight excluding hydrogens is 1790 g/mol. The van der Waals surface area contributed by atoms with Gasteiger partial charge in [0.15, 0.2) is 17.9 Å². The van der Waals surface area contributed by atoms with Crippen LogP contribution in [0.4, 0.5) is 0 Å². The van der Waals surface area contributed by atoms with Crippen molar-refractivity contribution in [3.63, 3.8) is 0 Å². The summed E-state index contributed by atoms with van der Waals surface area (Å²) < 4.78 is 0. The monoisotopic (exact) mass is 1950 g/mol. The molecule has 3 aromatic rings. The van der Waals surface area contributed by atoms with Crippen LogP contribution in [-0.2, 0) is 89.6 Å². The lowest BCUT2D eigenvalue weighted by atomic mass is 10.0. The predicted molar refractivity (Wildman–Crippen MR) is 517 cm³/mol. The third-order valence-electron chi connectivity index (χ3n) is 22.2. The average Bonchev–Trinajstić information content (AvgIpc) is 1.66. The molecular formula is C88H152N32O18. The fraction of sp³-hybridized carbons (Fsp3) is 0.625. The van der Waals surface area contributed by atoms with Crippen LogP contribution in [0.5, 0.6) is 5.75 Å². The number of fused-ring (bicyclic) bond motifs is 1. The normalized spacial score (nSPS) is 14.3. The van der Waals surface area contributed by atoms with Crippen LogP contribution in [0.2, 0.25) is 0 Å². The second-order valence-corrected chi connectivity index (χ2v) is 33.8. The number of aromatic nitrogens is 1. The molecule has 15 atom stereocenters. The molecule has 3 rings (SSSR count). The van der Waals surface area contributed by atoms with Gasteiger partial charge in [0.05, 0.1) is 6.61 Å². The number of unbranched alkanes of at least 4 members (excludes halogenated alkanes) is 6. The van der Waals surface area contributed by atoms with Gasteiger partial charge in [0, 0.05) is 56.5 Å². The third-order valence-corrected chi connectivity index (χ3v) is 22.2. The molecule has 1 aromatic heterocycles. The Labute approximate surface area is 803 Å². The van der Waals surface area contributed by atoms with Gasteiger partial charge >= 0.3 is 0 Å². The quantitative estimate of drug-likeness (QED) is 0.0142. The first kappa shape index (κ1) is 119. The van der Waals surface area contributed by atoms with Gasteiger partial charge in [-0.3, -0.25) is 92.9 Å². The topological polar surface area (TPSA) is 878 Å². The van der Waals surface area contributed by atoms with Crippen LogP contribution in [0.3, 0.4) is 0 Å². The van der Waals surface area contributed by atoms with Gasteiger partial charge in [-0.05, 0) is 243 Å². The Morgan fingerprint density at radius 3 is 0.848 bits per heavy atom. The second kappa shape index (κ2) is 66.3. The zero-order valence-corrected chi connectivity index (χ0v) is 79.5. The van der Waals surface area contributed by atoms with E-state index in [0.29, 0.717) is 86.4 Å². The van der Waals surface area contributed by atoms with Crippen LogP contribution in [0.1, 0.15) is 193 Å². The smallest absolute Gasteiger partial charge is 0.245 e. The van der Waals surface area contributed by atoms with Crippen LogP contribution >= 0.6 is 0 Å². The molecule has 772 valence electrons. The fourth-order valence-corrected chi connectivity index (χ4v) is 14.4. The number of aromatic hydroxyl groups is 1. The van der Waals surface area contributed by atoms with Gasteiger partial charge in [-0.15, -0.1) is 0 Å². The molecule has 0 unspecified atom stereocenters. The Hall–Kier alpha value is -13.2. The maximum Gasteiger partial charge on any atom is 0.245 e. The first-order valence-electron chi connectivity index (χ1n) is 46.9. The van der Waals surface area contributed by atoms with Crippen molar-refractivity contribution in [1.82, 2.24) is 101 Å². The van der Waals surface area contributed by atoms with E-state index in [1.807, 2.05) is 0 Å². The lowest BCUT2D eigenvalue weighted by molar-refractivity contribution is -0.136. The number of aromatic amines is 1. The maximum atomic E-state index is 15.1. The van der Waals surface area contributed by atoms with Gasteiger partial charge in [-0.1, -0.05) is 30.3 Å². The minimum absolute atomic E-state index is 0.00251. The minimum Gasteiger partial charge on any atom is -0.508 e. The lowest BCUT2D eigenvalue weighted by Gasteiger charge is -2.28. The number of phenolic OH excluding ortho intramolecular Hbond substituents is 1. The van der Waals surface area contributed by atoms with Crippen LogP contribution in [-0.4, -0.2) is 284 Å². The standard InChI is InChI=1S/C88H152N32O18/c1-50(72(125)118-68(71(95)124)46-54-33-35-56(123)36-34-54)106-75(128)60(25-8-14-38-90)111-83(136)67(32-21-45-104-88(100)101)115-80(133)64(29-12-18-42-94)117-85(138)70(49-121)120-74(127)52(3)108-77(130)62(27-10-16-40-92)112-82(135)66(31-20-44-103-87(98)99)114-79(132)63(28-11-17-41-93)116-84(137)69(47-55-48-105-58-23-6-5-22-57(55)58)119-73(126)51(2)107-76(129)61(26-9-15-39-91)110-81(134)65(30-19-43-102-86(96)97)113-78(131)59(109-53(4)122)24-7-13-37-89/h5-6,22-23,33-36,48,50-52,59-70,105,121,123H,7-21,24-32,37-47,49,89-94H2,1-4H3,(H2,95,124)(H,106,128)(H,107,129)(H,108,130)(H,109,122)(H,110,134)(H,111,136)(H,112,135)(H,113,131)(H,114,132)(H,115,133)(H,116,137)(H,117,138)(H,118,125)(H,119,126)(H,120,127)(H4,96,97,102)(H4,98,99,103)(H4,100,101,104)/t50-,51-,52-,59-,60-,61-,62-,63-,64-,65-,66-,67-,68-,69-,70-/m0/s1. The molecule has 138 heavy (non-hydrogen) atoms. The highest BCUT2D eigenvalue weighted by molar-refractivity contribution is 6.01. The molecule has 0 aliphatic heterocycles. The zero-order chi connectivity index (χ0) is 103. The van der Waals surface area contributed by atoms with Crippen LogP contribution in [0.15, 0.2) is 54.7 Å². The number of rotatable bonds is 71. The highest BCUT2D eigenvalue weighted by Gasteiger charge is 2.38. The Morgan fingerprint density at radius 2 is 0.565 bits per heavy atom. The van der Waals surface area contributed by atoms with Crippen molar-refractivity contribution in [2.75, 3.05) is 65.5 Å². The fourth-order valence-electron chi connectivity index (χ4n) is 14.4. The summed E-state index contributed by atoms with van der Waals surface area (Å²) in [4.78, 5) is 230. The number of hydrogen-bond acceptors (Lipinski definition) is 27. The summed E-state index contributed by atoms with van der Waals surface area (Å²) in [6.45, 7) is 5.35. The van der Waals surface area contributed by atoms with Gasteiger partial charge in [0.25, 0.3) is 0 Å². The summed E-state index contributed by atoms with van der Waals surface area (Å²) in [5.74, 6) is -15.3. The van der Waals surface area contributed by atoms with E-state index < -0.39 is 204 Å². The lowest BCUT2D eigenvalue weighted by Crippen LogP contribution is -2.61. The minimum atomic E-state index is -1.82. The Bertz CT molecular complexity index is 4410. The third kappa shape index (κ3) is 46.6. The van der Waals surface area contributed by atoms with Gasteiger partial charge in [-0.25, -0.2) is 0 Å². The number of nitrogens with two attached hydrogens (primary N) is 10. The van der Waals surface area contributed by atoms with Crippen LogP contribution < -0.4 is 153 Å². The first-order valence-corrected chi connectivity index (χ1v) is 46.9. The van der Waals surface area contributed by atoms with Crippen molar-refractivity contribution < 1.29 is 86.9 Å². The zero-order valence-electron chi connectivity index (χ0n) is 79.5. The highest BCUT2D eigenvalue weighted by atomic mass is 16.3. The summed E-state index contributed by atoms with van der Waals surface area (Å²) in [5.41, 5.74) is 59.0. The van der Waals surface area contributed by atoms with Crippen molar-refractivity contribution in [2.24, 2.45) is 57.3 Å². The van der Waals surface area contributed by atoms with E-state index >= 15 is 9.59 Å². The molecule has 0 saturated carbocycles. The summed E-state index contributed by atoms with van der Waals surface area (Å²) >= 11 is 0. The van der Waals surface area contributed by atoms with Gasteiger partial charge in [0.1, 0.15) is 96.4 Å². The predicted octanol–water partition coefficient (Wildman–Crippen LogP) is -7.95. The summed E-state index contributed by atoms with van der Waals surface area (Å²) in [6, 6.07) is -8.51. The molecule has 50 heteroatoms. The molecule has 50 nitrogen and oxygen atoms in total. The summed E-state index contributed by atoms with van der Waals surface area (Å²) in [7, 11) is 0. The number of aliphatic hydroxyl groups excluding tert-OH is 1. The van der Waals surface area contributed by atoms with Crippen molar-refractivity contribution in [3.05, 3.63) is 65.9 Å². The number of amides is 16. The Morgan fingerprint density at radius 1 is 0.312 bits per heavy atom. The number of H-pyrrole nitrogens is 1. The van der Waals surface area contributed by atoms with E-state index in [1.54, 1.807) is 30.5 Å². The molecule has 16 amide bonds. The van der Waals surface area contributed by atoms with E-state index in [4.69, 9.17) is 73.6 Å². The Balaban J connectivity index is 1.97. The number of nitrogens with one attached hydrogen (secondary N) is 22. The molecule has 0 radical (unpaired) electrons. The van der Waals surface area contributed by atoms with Gasteiger partial charge in [-0.2, -0.15) is 0 Å². The largest absolute Gasteiger partial charge is 0.508 e. The number of carbonyl (C=O) groups excluding carboxylic acids is 16. The maximum absolute atomic E-state index is 15.1.